The van der Waals surface area contributed by atoms with E-state index < -0.39 is 5.63 Å². The molecule has 170 valence electrons. The van der Waals surface area contributed by atoms with Gasteiger partial charge in [-0.15, -0.1) is 10.2 Å². The SMILES string of the molecule is CCc1cccc(CC)c1Nc1nnc(SCc2cc(=O)oc3cc(NC(C)=O)ccc23)s1. The Bertz CT molecular complexity index is 1340. The molecule has 0 fully saturated rings. The van der Waals surface area contributed by atoms with Crippen LogP contribution >= 0.6 is 23.1 Å². The number of amides is 1. The van der Waals surface area contributed by atoms with Gasteiger partial charge in [-0.1, -0.05) is 55.1 Å². The lowest BCUT2D eigenvalue weighted by Gasteiger charge is -2.13. The van der Waals surface area contributed by atoms with Gasteiger partial charge in [-0.3, -0.25) is 4.79 Å². The van der Waals surface area contributed by atoms with Gasteiger partial charge in [-0.25, -0.2) is 4.79 Å². The molecule has 0 saturated heterocycles. The Morgan fingerprint density at radius 3 is 2.52 bits per heavy atom. The lowest BCUT2D eigenvalue weighted by molar-refractivity contribution is -0.114. The summed E-state index contributed by atoms with van der Waals surface area (Å²) in [5, 5.41) is 16.3. The summed E-state index contributed by atoms with van der Waals surface area (Å²) in [4.78, 5) is 23.4. The number of fused-ring (bicyclic) bond motifs is 1. The average Bonchev–Trinajstić information content (AvgIpc) is 3.24. The Balaban J connectivity index is 1.52. The largest absolute Gasteiger partial charge is 0.423 e. The second-order valence-corrected chi connectivity index (χ2v) is 9.63. The first-order valence-corrected chi connectivity index (χ1v) is 12.5. The first-order valence-electron chi connectivity index (χ1n) is 10.6. The Kier molecular flexibility index (Phi) is 7.10. The number of rotatable bonds is 8. The average molecular weight is 481 g/mol. The van der Waals surface area contributed by atoms with E-state index in [1.165, 1.54) is 47.2 Å². The molecule has 0 bridgehead atoms. The third-order valence-corrected chi connectivity index (χ3v) is 7.16. The van der Waals surface area contributed by atoms with Crippen LogP contribution in [0.3, 0.4) is 0 Å². The topological polar surface area (TPSA) is 97.1 Å². The number of carbonyl (C=O) groups excluding carboxylic acids is 1. The predicted molar refractivity (Wildman–Crippen MR) is 135 cm³/mol. The van der Waals surface area contributed by atoms with Crippen LogP contribution in [0.4, 0.5) is 16.5 Å². The summed E-state index contributed by atoms with van der Waals surface area (Å²) in [6.45, 7) is 5.71. The molecule has 2 aromatic carbocycles. The van der Waals surface area contributed by atoms with E-state index in [4.69, 9.17) is 4.42 Å². The Morgan fingerprint density at radius 2 is 1.82 bits per heavy atom. The van der Waals surface area contributed by atoms with E-state index in [-0.39, 0.29) is 5.91 Å². The molecule has 4 aromatic rings. The van der Waals surface area contributed by atoms with Crippen molar-refractivity contribution < 1.29 is 9.21 Å². The third kappa shape index (κ3) is 5.43. The van der Waals surface area contributed by atoms with Crippen LogP contribution in [-0.4, -0.2) is 16.1 Å². The van der Waals surface area contributed by atoms with Crippen molar-refractivity contribution in [2.24, 2.45) is 0 Å². The Labute approximate surface area is 199 Å². The van der Waals surface area contributed by atoms with E-state index in [9.17, 15) is 9.59 Å². The molecule has 0 aliphatic carbocycles. The van der Waals surface area contributed by atoms with Crippen LogP contribution in [0.25, 0.3) is 11.0 Å². The van der Waals surface area contributed by atoms with Gasteiger partial charge in [0.25, 0.3) is 0 Å². The zero-order chi connectivity index (χ0) is 23.4. The number of benzene rings is 2. The fraction of sp³-hybridized carbons (Fsp3) is 0.250. The van der Waals surface area contributed by atoms with Gasteiger partial charge < -0.3 is 15.1 Å². The highest BCUT2D eigenvalue weighted by Gasteiger charge is 2.12. The molecular formula is C24H24N4O3S2. The van der Waals surface area contributed by atoms with Crippen molar-refractivity contribution in [3.8, 4) is 0 Å². The number of aryl methyl sites for hydroxylation is 2. The van der Waals surface area contributed by atoms with Crippen LogP contribution in [0.1, 0.15) is 37.5 Å². The van der Waals surface area contributed by atoms with Gasteiger partial charge in [0.2, 0.25) is 11.0 Å². The van der Waals surface area contributed by atoms with Crippen LogP contribution in [-0.2, 0) is 23.4 Å². The number of thioether (sulfide) groups is 1. The molecule has 2 heterocycles. The number of nitrogens with zero attached hydrogens (tertiary/aromatic N) is 2. The highest BCUT2D eigenvalue weighted by atomic mass is 32.2. The zero-order valence-corrected chi connectivity index (χ0v) is 20.2. The lowest BCUT2D eigenvalue weighted by Crippen LogP contribution is -2.06. The molecule has 0 spiro atoms. The van der Waals surface area contributed by atoms with E-state index >= 15 is 0 Å². The van der Waals surface area contributed by atoms with Crippen molar-refractivity contribution in [2.75, 3.05) is 10.6 Å². The highest BCUT2D eigenvalue weighted by molar-refractivity contribution is 8.00. The van der Waals surface area contributed by atoms with E-state index in [1.807, 2.05) is 6.07 Å². The summed E-state index contributed by atoms with van der Waals surface area (Å²) in [6, 6.07) is 13.1. The van der Waals surface area contributed by atoms with Crippen molar-refractivity contribution in [1.82, 2.24) is 10.2 Å². The number of carbonyl (C=O) groups is 1. The second kappa shape index (κ2) is 10.2. The quantitative estimate of drug-likeness (QED) is 0.244. The Hall–Kier alpha value is -3.17. The molecule has 2 aromatic heterocycles. The summed E-state index contributed by atoms with van der Waals surface area (Å²) in [6.07, 6.45) is 1.87. The van der Waals surface area contributed by atoms with E-state index in [0.29, 0.717) is 17.0 Å². The lowest BCUT2D eigenvalue weighted by atomic mass is 10.0. The monoisotopic (exact) mass is 480 g/mol. The number of nitrogens with one attached hydrogen (secondary N) is 2. The minimum atomic E-state index is -0.430. The predicted octanol–water partition coefficient (Wildman–Crippen LogP) is 5.76. The molecule has 7 nitrogen and oxygen atoms in total. The van der Waals surface area contributed by atoms with E-state index in [2.05, 4.69) is 52.9 Å². The number of hydrogen-bond donors (Lipinski definition) is 2. The van der Waals surface area contributed by atoms with Gasteiger partial charge in [0.1, 0.15) is 5.58 Å². The van der Waals surface area contributed by atoms with Crippen molar-refractivity contribution in [2.45, 2.75) is 43.7 Å². The molecule has 9 heteroatoms. The van der Waals surface area contributed by atoms with Crippen LogP contribution in [0.5, 0.6) is 0 Å². The zero-order valence-electron chi connectivity index (χ0n) is 18.6. The number of aromatic nitrogens is 2. The maximum atomic E-state index is 12.1. The molecule has 0 aliphatic rings. The summed E-state index contributed by atoms with van der Waals surface area (Å²) >= 11 is 3.00. The van der Waals surface area contributed by atoms with Crippen LogP contribution in [0.15, 0.2) is 56.0 Å². The minimum absolute atomic E-state index is 0.184. The maximum Gasteiger partial charge on any atom is 0.336 e. The van der Waals surface area contributed by atoms with Gasteiger partial charge in [0, 0.05) is 41.6 Å². The molecule has 4 rings (SSSR count). The van der Waals surface area contributed by atoms with Crippen molar-refractivity contribution in [3.63, 3.8) is 0 Å². The number of para-hydroxylation sites is 1. The van der Waals surface area contributed by atoms with Crippen molar-refractivity contribution in [3.05, 3.63) is 69.6 Å². The summed E-state index contributed by atoms with van der Waals surface area (Å²) in [5.41, 5.74) is 5.04. The molecule has 33 heavy (non-hydrogen) atoms. The molecule has 2 N–H and O–H groups in total. The van der Waals surface area contributed by atoms with Gasteiger partial charge >= 0.3 is 5.63 Å². The highest BCUT2D eigenvalue weighted by Crippen LogP contribution is 2.33. The molecule has 0 atom stereocenters. The molecule has 0 unspecified atom stereocenters. The van der Waals surface area contributed by atoms with Crippen molar-refractivity contribution >= 4 is 56.5 Å². The summed E-state index contributed by atoms with van der Waals surface area (Å²) < 4.78 is 6.15. The Morgan fingerprint density at radius 1 is 1.06 bits per heavy atom. The molecule has 0 saturated carbocycles. The standard InChI is InChI=1S/C24H24N4O3S2/c1-4-15-7-6-8-16(5-2)22(15)26-23-27-28-24(33-23)32-13-17-11-21(30)31-20-12-18(25-14(3)29)9-10-19(17)20/h6-12H,4-5,13H2,1-3H3,(H,25,29)(H,26,27). The van der Waals surface area contributed by atoms with Crippen molar-refractivity contribution in [1.29, 1.82) is 0 Å². The van der Waals surface area contributed by atoms with Gasteiger partial charge in [0.05, 0.1) is 0 Å². The van der Waals surface area contributed by atoms with E-state index in [0.717, 1.165) is 38.9 Å². The van der Waals surface area contributed by atoms with E-state index in [1.54, 1.807) is 12.1 Å². The molecule has 0 aliphatic heterocycles. The van der Waals surface area contributed by atoms with Gasteiger partial charge in [-0.2, -0.15) is 0 Å². The minimum Gasteiger partial charge on any atom is -0.423 e. The van der Waals surface area contributed by atoms with Crippen LogP contribution in [0, 0.1) is 0 Å². The summed E-state index contributed by atoms with van der Waals surface area (Å²) in [7, 11) is 0. The van der Waals surface area contributed by atoms with Gasteiger partial charge in [-0.05, 0) is 41.7 Å². The normalized spacial score (nSPS) is 11.0. The first kappa shape index (κ1) is 23.0. The third-order valence-electron chi connectivity index (χ3n) is 5.14. The van der Waals surface area contributed by atoms with Crippen LogP contribution < -0.4 is 16.3 Å². The van der Waals surface area contributed by atoms with Crippen LogP contribution in [0.2, 0.25) is 0 Å². The number of hydrogen-bond acceptors (Lipinski definition) is 8. The molecule has 0 radical (unpaired) electrons. The molecular weight excluding hydrogens is 456 g/mol. The fourth-order valence-corrected chi connectivity index (χ4v) is 5.35. The van der Waals surface area contributed by atoms with Gasteiger partial charge in [0.15, 0.2) is 4.34 Å². The summed E-state index contributed by atoms with van der Waals surface area (Å²) in [5.74, 6) is 0.360. The fourth-order valence-electron chi connectivity index (χ4n) is 3.60. The first-order chi connectivity index (χ1) is 16.0. The molecule has 1 amide bonds. The maximum absolute atomic E-state index is 12.1. The smallest absolute Gasteiger partial charge is 0.336 e. The second-order valence-electron chi connectivity index (χ2n) is 7.43. The number of anilines is 3.